The number of sulfonamides is 1. The average molecular weight is 538 g/mol. The molecule has 0 radical (unpaired) electrons. The summed E-state index contributed by atoms with van der Waals surface area (Å²) < 4.78 is 39.9. The third-order valence-electron chi connectivity index (χ3n) is 6.49. The van der Waals surface area contributed by atoms with Gasteiger partial charge in [0.25, 0.3) is 0 Å². The number of amides is 2. The van der Waals surface area contributed by atoms with Crippen LogP contribution in [0.5, 0.6) is 0 Å². The molecule has 7 nitrogen and oxygen atoms in total. The topological polar surface area (TPSA) is 86.8 Å². The number of rotatable bonds is 9. The summed E-state index contributed by atoms with van der Waals surface area (Å²) in [6.45, 7) is 2.86. The lowest BCUT2D eigenvalue weighted by molar-refractivity contribution is -0.139. The van der Waals surface area contributed by atoms with E-state index in [0.29, 0.717) is 21.8 Å². The SMILES string of the molecule is Cc1cc(Cl)ccc1N(CC(=O)N(Cc1ccc(F)cc1)[C@H](C)C(=O)NC1CCCCC1)S(C)(=O)=O. The van der Waals surface area contributed by atoms with Gasteiger partial charge in [0.15, 0.2) is 0 Å². The molecule has 2 amide bonds. The van der Waals surface area contributed by atoms with Crippen LogP contribution in [0.3, 0.4) is 0 Å². The maximum atomic E-state index is 13.6. The minimum Gasteiger partial charge on any atom is -0.352 e. The summed E-state index contributed by atoms with van der Waals surface area (Å²) >= 11 is 6.04. The molecule has 0 unspecified atom stereocenters. The maximum Gasteiger partial charge on any atom is 0.244 e. The summed E-state index contributed by atoms with van der Waals surface area (Å²) in [5.74, 6) is -1.27. The average Bonchev–Trinajstić information content (AvgIpc) is 2.82. The second-order valence-corrected chi connectivity index (χ2v) is 11.7. The highest BCUT2D eigenvalue weighted by Crippen LogP contribution is 2.26. The first-order valence-corrected chi connectivity index (χ1v) is 14.3. The molecule has 2 aromatic rings. The van der Waals surface area contributed by atoms with E-state index in [1.165, 1.54) is 17.0 Å². The zero-order valence-electron chi connectivity index (χ0n) is 20.8. The molecule has 3 rings (SSSR count). The van der Waals surface area contributed by atoms with Gasteiger partial charge in [0.05, 0.1) is 11.9 Å². The van der Waals surface area contributed by atoms with Crippen molar-refractivity contribution >= 4 is 39.1 Å². The summed E-state index contributed by atoms with van der Waals surface area (Å²) in [6.07, 6.45) is 6.03. The number of nitrogens with zero attached hydrogens (tertiary/aromatic N) is 2. The van der Waals surface area contributed by atoms with E-state index in [-0.39, 0.29) is 18.5 Å². The van der Waals surface area contributed by atoms with Gasteiger partial charge in [-0.25, -0.2) is 12.8 Å². The lowest BCUT2D eigenvalue weighted by Crippen LogP contribution is -2.53. The van der Waals surface area contributed by atoms with Crippen LogP contribution in [-0.4, -0.2) is 50.0 Å². The first-order valence-electron chi connectivity index (χ1n) is 12.0. The third-order valence-corrected chi connectivity index (χ3v) is 7.85. The Kier molecular flexibility index (Phi) is 9.35. The summed E-state index contributed by atoms with van der Waals surface area (Å²) in [5, 5.41) is 3.49. The molecule has 10 heteroatoms. The van der Waals surface area contributed by atoms with Crippen LogP contribution in [0.25, 0.3) is 0 Å². The van der Waals surface area contributed by atoms with Gasteiger partial charge in [0.1, 0.15) is 18.4 Å². The summed E-state index contributed by atoms with van der Waals surface area (Å²) in [7, 11) is -3.84. The maximum absolute atomic E-state index is 13.6. The Morgan fingerprint density at radius 2 is 1.75 bits per heavy atom. The lowest BCUT2D eigenvalue weighted by atomic mass is 9.95. The van der Waals surface area contributed by atoms with E-state index >= 15 is 0 Å². The van der Waals surface area contributed by atoms with Crippen LogP contribution in [0.4, 0.5) is 10.1 Å². The Hall–Kier alpha value is -2.65. The molecule has 1 N–H and O–H groups in total. The van der Waals surface area contributed by atoms with Crippen LogP contribution < -0.4 is 9.62 Å². The third kappa shape index (κ3) is 7.43. The molecular formula is C26H33ClFN3O4S. The van der Waals surface area contributed by atoms with Crippen LogP contribution in [0, 0.1) is 12.7 Å². The van der Waals surface area contributed by atoms with Crippen molar-refractivity contribution < 1.29 is 22.4 Å². The highest BCUT2D eigenvalue weighted by molar-refractivity contribution is 7.92. The standard InChI is InChI=1S/C26H33ClFN3O4S/c1-18-15-21(27)11-14-24(18)31(36(3,34)35)17-25(32)30(16-20-9-12-22(28)13-10-20)19(2)26(33)29-23-7-5-4-6-8-23/h9-15,19,23H,4-8,16-17H2,1-3H3,(H,29,33)/t19-/m1/s1. The molecule has 0 heterocycles. The van der Waals surface area contributed by atoms with Crippen LogP contribution in [0.15, 0.2) is 42.5 Å². The number of benzene rings is 2. The van der Waals surface area contributed by atoms with Crippen LogP contribution in [-0.2, 0) is 26.2 Å². The molecule has 0 aromatic heterocycles. The number of halogens is 2. The monoisotopic (exact) mass is 537 g/mol. The van der Waals surface area contributed by atoms with Crippen LogP contribution in [0.1, 0.15) is 50.2 Å². The first kappa shape index (κ1) is 27.9. The molecule has 2 aromatic carbocycles. The van der Waals surface area contributed by atoms with Gasteiger partial charge in [-0.15, -0.1) is 0 Å². The molecule has 0 saturated heterocycles. The number of hydrogen-bond acceptors (Lipinski definition) is 4. The van der Waals surface area contributed by atoms with Gasteiger partial charge in [0, 0.05) is 17.6 Å². The van der Waals surface area contributed by atoms with E-state index in [9.17, 15) is 22.4 Å². The van der Waals surface area contributed by atoms with Gasteiger partial charge in [-0.3, -0.25) is 13.9 Å². The van der Waals surface area contributed by atoms with E-state index in [4.69, 9.17) is 11.6 Å². The molecule has 0 bridgehead atoms. The Balaban J connectivity index is 1.88. The van der Waals surface area contributed by atoms with Crippen molar-refractivity contribution in [2.75, 3.05) is 17.1 Å². The molecule has 1 atom stereocenters. The largest absolute Gasteiger partial charge is 0.352 e. The van der Waals surface area contributed by atoms with Crippen LogP contribution in [0.2, 0.25) is 5.02 Å². The van der Waals surface area contributed by atoms with Crippen molar-refractivity contribution in [3.05, 3.63) is 64.4 Å². The van der Waals surface area contributed by atoms with E-state index in [1.54, 1.807) is 44.2 Å². The predicted octanol–water partition coefficient (Wildman–Crippen LogP) is 4.42. The van der Waals surface area contributed by atoms with Crippen LogP contribution >= 0.6 is 11.6 Å². The summed E-state index contributed by atoms with van der Waals surface area (Å²) in [5.41, 5.74) is 1.54. The normalized spacial score (nSPS) is 15.2. The fraction of sp³-hybridized carbons (Fsp3) is 0.462. The van der Waals surface area contributed by atoms with Gasteiger partial charge in [0.2, 0.25) is 21.8 Å². The molecule has 1 aliphatic carbocycles. The van der Waals surface area contributed by atoms with Crippen molar-refractivity contribution in [1.29, 1.82) is 0 Å². The zero-order valence-corrected chi connectivity index (χ0v) is 22.4. The highest BCUT2D eigenvalue weighted by Gasteiger charge is 2.31. The quantitative estimate of drug-likeness (QED) is 0.513. The summed E-state index contributed by atoms with van der Waals surface area (Å²) in [4.78, 5) is 28.1. The number of carbonyl (C=O) groups is 2. The number of anilines is 1. The number of hydrogen-bond donors (Lipinski definition) is 1. The van der Waals surface area contributed by atoms with Gasteiger partial charge in [-0.05, 0) is 68.1 Å². The van der Waals surface area contributed by atoms with Crippen molar-refractivity contribution in [2.24, 2.45) is 0 Å². The molecule has 0 aliphatic heterocycles. The fourth-order valence-electron chi connectivity index (χ4n) is 4.43. The summed E-state index contributed by atoms with van der Waals surface area (Å²) in [6, 6.07) is 9.57. The fourth-order valence-corrected chi connectivity index (χ4v) is 5.57. The lowest BCUT2D eigenvalue weighted by Gasteiger charge is -2.33. The second kappa shape index (κ2) is 12.1. The van der Waals surface area contributed by atoms with Gasteiger partial charge < -0.3 is 10.2 Å². The first-order chi connectivity index (χ1) is 17.0. The molecule has 1 aliphatic rings. The molecule has 1 saturated carbocycles. The molecule has 196 valence electrons. The zero-order chi connectivity index (χ0) is 26.5. The van der Waals surface area contributed by atoms with Gasteiger partial charge in [-0.1, -0.05) is 43.0 Å². The molecule has 36 heavy (non-hydrogen) atoms. The number of aryl methyl sites for hydroxylation is 1. The highest BCUT2D eigenvalue weighted by atomic mass is 35.5. The molecule has 1 fully saturated rings. The number of carbonyl (C=O) groups excluding carboxylic acids is 2. The molecule has 0 spiro atoms. The Morgan fingerprint density at radius 1 is 1.11 bits per heavy atom. The Bertz CT molecular complexity index is 1180. The van der Waals surface area contributed by atoms with Crippen molar-refractivity contribution in [2.45, 2.75) is 64.6 Å². The second-order valence-electron chi connectivity index (χ2n) is 9.37. The van der Waals surface area contributed by atoms with Crippen molar-refractivity contribution in [3.8, 4) is 0 Å². The van der Waals surface area contributed by atoms with Crippen molar-refractivity contribution in [3.63, 3.8) is 0 Å². The van der Waals surface area contributed by atoms with E-state index < -0.39 is 34.3 Å². The Labute approximate surface area is 217 Å². The Morgan fingerprint density at radius 3 is 2.33 bits per heavy atom. The minimum atomic E-state index is -3.84. The van der Waals surface area contributed by atoms with Gasteiger partial charge in [-0.2, -0.15) is 0 Å². The van der Waals surface area contributed by atoms with E-state index in [2.05, 4.69) is 5.32 Å². The smallest absolute Gasteiger partial charge is 0.244 e. The van der Waals surface area contributed by atoms with Crippen molar-refractivity contribution in [1.82, 2.24) is 10.2 Å². The number of nitrogens with one attached hydrogen (secondary N) is 1. The van der Waals surface area contributed by atoms with Gasteiger partial charge >= 0.3 is 0 Å². The minimum absolute atomic E-state index is 0.0234. The predicted molar refractivity (Wildman–Crippen MR) is 140 cm³/mol. The van der Waals surface area contributed by atoms with E-state index in [1.807, 2.05) is 0 Å². The molecular weight excluding hydrogens is 505 g/mol. The van der Waals surface area contributed by atoms with E-state index in [0.717, 1.165) is 42.7 Å².